The van der Waals surface area contributed by atoms with Crippen molar-refractivity contribution < 1.29 is 9.47 Å². The van der Waals surface area contributed by atoms with Gasteiger partial charge >= 0.3 is 0 Å². The van der Waals surface area contributed by atoms with Crippen molar-refractivity contribution in [2.24, 2.45) is 0 Å². The molecule has 1 aliphatic heterocycles. The Hall–Kier alpha value is -2.04. The summed E-state index contributed by atoms with van der Waals surface area (Å²) in [5.41, 5.74) is 4.11. The van der Waals surface area contributed by atoms with Crippen LogP contribution in [0.2, 0.25) is 0 Å². The van der Waals surface area contributed by atoms with Crippen LogP contribution >= 0.6 is 0 Å². The molecule has 0 spiro atoms. The van der Waals surface area contributed by atoms with Gasteiger partial charge in [0.2, 0.25) is 0 Å². The quantitative estimate of drug-likeness (QED) is 0.677. The number of likely N-dealkylation sites (N-methyl/N-ethyl adjacent to an activating group) is 1. The van der Waals surface area contributed by atoms with Gasteiger partial charge in [-0.25, -0.2) is 0 Å². The SMILES string of the molecule is CCCNCCCOc1ccc2c(c1)CN(C)CC2c1ccc(OC)cc1. The van der Waals surface area contributed by atoms with Gasteiger partial charge in [-0.15, -0.1) is 0 Å². The topological polar surface area (TPSA) is 33.7 Å². The van der Waals surface area contributed by atoms with Crippen molar-refractivity contribution in [2.75, 3.05) is 40.4 Å². The molecule has 3 rings (SSSR count). The molecule has 0 fully saturated rings. The second kappa shape index (κ2) is 9.77. The fraction of sp³-hybridized carbons (Fsp3) is 0.478. The fourth-order valence-electron chi connectivity index (χ4n) is 3.72. The molecule has 0 amide bonds. The van der Waals surface area contributed by atoms with Crippen molar-refractivity contribution in [3.8, 4) is 11.5 Å². The molecule has 27 heavy (non-hydrogen) atoms. The van der Waals surface area contributed by atoms with Crippen LogP contribution in [0.5, 0.6) is 11.5 Å². The van der Waals surface area contributed by atoms with Crippen LogP contribution in [0.15, 0.2) is 42.5 Å². The Labute approximate surface area is 163 Å². The van der Waals surface area contributed by atoms with Crippen LogP contribution in [0, 0.1) is 0 Å². The molecule has 146 valence electrons. The van der Waals surface area contributed by atoms with Crippen molar-refractivity contribution >= 4 is 0 Å². The predicted molar refractivity (Wildman–Crippen MR) is 111 cm³/mol. The van der Waals surface area contributed by atoms with Gasteiger partial charge < -0.3 is 19.7 Å². The van der Waals surface area contributed by atoms with Crippen LogP contribution < -0.4 is 14.8 Å². The molecule has 1 atom stereocenters. The summed E-state index contributed by atoms with van der Waals surface area (Å²) in [6.07, 6.45) is 2.21. The highest BCUT2D eigenvalue weighted by molar-refractivity contribution is 5.45. The van der Waals surface area contributed by atoms with E-state index in [1.54, 1.807) is 7.11 Å². The summed E-state index contributed by atoms with van der Waals surface area (Å²) in [6.45, 7) is 7.04. The van der Waals surface area contributed by atoms with E-state index >= 15 is 0 Å². The van der Waals surface area contributed by atoms with Crippen LogP contribution in [0.25, 0.3) is 0 Å². The number of hydrogen-bond donors (Lipinski definition) is 1. The predicted octanol–water partition coefficient (Wildman–Crippen LogP) is 4.04. The lowest BCUT2D eigenvalue weighted by atomic mass is 9.84. The lowest BCUT2D eigenvalue weighted by Gasteiger charge is -2.33. The summed E-state index contributed by atoms with van der Waals surface area (Å²) in [5, 5.41) is 3.41. The maximum atomic E-state index is 5.98. The van der Waals surface area contributed by atoms with Gasteiger partial charge in [0.25, 0.3) is 0 Å². The first-order valence-corrected chi connectivity index (χ1v) is 10.00. The molecule has 1 unspecified atom stereocenters. The normalized spacial score (nSPS) is 16.8. The summed E-state index contributed by atoms with van der Waals surface area (Å²) < 4.78 is 11.3. The number of ether oxygens (including phenoxy) is 2. The van der Waals surface area contributed by atoms with E-state index in [4.69, 9.17) is 9.47 Å². The second-order valence-corrected chi connectivity index (χ2v) is 7.34. The number of rotatable bonds is 9. The minimum absolute atomic E-state index is 0.386. The summed E-state index contributed by atoms with van der Waals surface area (Å²) in [7, 11) is 3.90. The van der Waals surface area contributed by atoms with Crippen molar-refractivity contribution in [1.82, 2.24) is 10.2 Å². The molecular formula is C23H32N2O2. The summed E-state index contributed by atoms with van der Waals surface area (Å²) >= 11 is 0. The van der Waals surface area contributed by atoms with Crippen LogP contribution in [-0.2, 0) is 6.54 Å². The number of fused-ring (bicyclic) bond motifs is 1. The van der Waals surface area contributed by atoms with Crippen molar-refractivity contribution in [3.63, 3.8) is 0 Å². The number of nitrogens with one attached hydrogen (secondary N) is 1. The van der Waals surface area contributed by atoms with E-state index in [2.05, 4.69) is 54.5 Å². The zero-order chi connectivity index (χ0) is 19.1. The van der Waals surface area contributed by atoms with Gasteiger partial charge in [-0.05, 0) is 73.9 Å². The summed E-state index contributed by atoms with van der Waals surface area (Å²) in [5.74, 6) is 2.27. The van der Waals surface area contributed by atoms with E-state index in [1.165, 1.54) is 23.1 Å². The van der Waals surface area contributed by atoms with Gasteiger partial charge in [-0.3, -0.25) is 0 Å². The first kappa shape index (κ1) is 19.7. The first-order chi connectivity index (χ1) is 13.2. The fourth-order valence-corrected chi connectivity index (χ4v) is 3.72. The average Bonchev–Trinajstić information content (AvgIpc) is 2.70. The summed E-state index contributed by atoms with van der Waals surface area (Å²) in [4.78, 5) is 2.38. The first-order valence-electron chi connectivity index (χ1n) is 10.00. The Balaban J connectivity index is 1.68. The molecule has 0 aliphatic carbocycles. The molecule has 4 heteroatoms. The third-order valence-electron chi connectivity index (χ3n) is 5.14. The van der Waals surface area contributed by atoms with E-state index in [0.717, 1.165) is 50.7 Å². The van der Waals surface area contributed by atoms with Gasteiger partial charge in [0.1, 0.15) is 11.5 Å². The number of methoxy groups -OCH3 is 1. The number of benzene rings is 2. The molecule has 1 heterocycles. The summed E-state index contributed by atoms with van der Waals surface area (Å²) in [6, 6.07) is 15.1. The van der Waals surface area contributed by atoms with E-state index < -0.39 is 0 Å². The molecule has 0 aromatic heterocycles. The third kappa shape index (κ3) is 5.24. The molecule has 1 aliphatic rings. The number of hydrogen-bond acceptors (Lipinski definition) is 4. The van der Waals surface area contributed by atoms with Crippen LogP contribution in [0.4, 0.5) is 0 Å². The van der Waals surface area contributed by atoms with Gasteiger partial charge in [0, 0.05) is 19.0 Å². The largest absolute Gasteiger partial charge is 0.497 e. The molecule has 0 saturated carbocycles. The van der Waals surface area contributed by atoms with Crippen molar-refractivity contribution in [2.45, 2.75) is 32.2 Å². The standard InChI is InChI=1S/C23H32N2O2/c1-4-12-24-13-5-14-27-21-10-11-22-19(15-21)16-25(2)17-23(22)18-6-8-20(26-3)9-7-18/h6-11,15,23-24H,4-5,12-14,16-17H2,1-3H3. The molecule has 4 nitrogen and oxygen atoms in total. The van der Waals surface area contributed by atoms with Crippen molar-refractivity contribution in [1.29, 1.82) is 0 Å². The Morgan fingerprint density at radius 1 is 1.07 bits per heavy atom. The van der Waals surface area contributed by atoms with Crippen molar-refractivity contribution in [3.05, 3.63) is 59.2 Å². The maximum Gasteiger partial charge on any atom is 0.119 e. The highest BCUT2D eigenvalue weighted by atomic mass is 16.5. The van der Waals surface area contributed by atoms with E-state index in [1.807, 2.05) is 12.1 Å². The molecule has 0 bridgehead atoms. The molecule has 0 saturated heterocycles. The Morgan fingerprint density at radius 3 is 2.59 bits per heavy atom. The lowest BCUT2D eigenvalue weighted by molar-refractivity contribution is 0.288. The van der Waals surface area contributed by atoms with Gasteiger partial charge in [-0.1, -0.05) is 25.1 Å². The molecule has 2 aromatic carbocycles. The Bertz CT molecular complexity index is 715. The molecule has 2 aromatic rings. The number of nitrogens with zero attached hydrogens (tertiary/aromatic N) is 1. The van der Waals surface area contributed by atoms with E-state index in [0.29, 0.717) is 5.92 Å². The zero-order valence-corrected chi connectivity index (χ0v) is 16.8. The average molecular weight is 369 g/mol. The monoisotopic (exact) mass is 368 g/mol. The maximum absolute atomic E-state index is 5.98. The third-order valence-corrected chi connectivity index (χ3v) is 5.14. The van der Waals surface area contributed by atoms with E-state index in [9.17, 15) is 0 Å². The highest BCUT2D eigenvalue weighted by Crippen LogP contribution is 2.35. The van der Waals surface area contributed by atoms with Crippen LogP contribution in [-0.4, -0.2) is 45.3 Å². The van der Waals surface area contributed by atoms with Gasteiger partial charge in [0.05, 0.1) is 13.7 Å². The minimum atomic E-state index is 0.386. The van der Waals surface area contributed by atoms with Gasteiger partial charge in [0.15, 0.2) is 0 Å². The lowest BCUT2D eigenvalue weighted by Crippen LogP contribution is -2.31. The molecule has 0 radical (unpaired) electrons. The second-order valence-electron chi connectivity index (χ2n) is 7.34. The Kier molecular flexibility index (Phi) is 7.13. The van der Waals surface area contributed by atoms with Crippen LogP contribution in [0.3, 0.4) is 0 Å². The molecule has 1 N–H and O–H groups in total. The van der Waals surface area contributed by atoms with Gasteiger partial charge in [-0.2, -0.15) is 0 Å². The van der Waals surface area contributed by atoms with Crippen LogP contribution in [0.1, 0.15) is 42.4 Å². The minimum Gasteiger partial charge on any atom is -0.497 e. The highest BCUT2D eigenvalue weighted by Gasteiger charge is 2.25. The van der Waals surface area contributed by atoms with E-state index in [-0.39, 0.29) is 0 Å². The molecular weight excluding hydrogens is 336 g/mol. The Morgan fingerprint density at radius 2 is 1.85 bits per heavy atom. The smallest absolute Gasteiger partial charge is 0.119 e. The zero-order valence-electron chi connectivity index (χ0n) is 16.8.